The standard InChI is InChI=1S/C28H37NO3S/c1-29-15-13-27(14-16-29,19-33-28(11-12-28)23-6-7-23)10-9-25(26(30)31)22-4-3-21-18-24(32-2)8-5-20(21)17-22/h3-5,8,17-18,23,25H,6-7,9-16,19H2,1-2H3,(H,30,31)/t25-/m0/s1. The molecule has 33 heavy (non-hydrogen) atoms. The lowest BCUT2D eigenvalue weighted by Gasteiger charge is -2.42. The molecule has 5 rings (SSSR count). The summed E-state index contributed by atoms with van der Waals surface area (Å²) in [5.74, 6) is 1.85. The van der Waals surface area contributed by atoms with Crippen molar-refractivity contribution in [2.45, 2.75) is 62.0 Å². The van der Waals surface area contributed by atoms with E-state index in [4.69, 9.17) is 4.74 Å². The Morgan fingerprint density at radius 1 is 1.12 bits per heavy atom. The van der Waals surface area contributed by atoms with Gasteiger partial charge in [-0.15, -0.1) is 0 Å². The lowest BCUT2D eigenvalue weighted by molar-refractivity contribution is -0.139. The van der Waals surface area contributed by atoms with Gasteiger partial charge in [0.15, 0.2) is 0 Å². The molecule has 1 saturated heterocycles. The van der Waals surface area contributed by atoms with Crippen LogP contribution < -0.4 is 4.74 Å². The Labute approximate surface area is 202 Å². The number of piperidine rings is 1. The fourth-order valence-electron chi connectivity index (χ4n) is 5.73. The molecule has 3 fully saturated rings. The third-order valence-corrected chi connectivity index (χ3v) is 10.6. The molecule has 0 spiro atoms. The molecule has 0 aromatic heterocycles. The molecule has 0 radical (unpaired) electrons. The van der Waals surface area contributed by atoms with Crippen LogP contribution in [0, 0.1) is 11.3 Å². The monoisotopic (exact) mass is 467 g/mol. The van der Waals surface area contributed by atoms with E-state index in [0.717, 1.165) is 53.9 Å². The average molecular weight is 468 g/mol. The molecule has 0 amide bonds. The molecule has 4 nitrogen and oxygen atoms in total. The second-order valence-corrected chi connectivity index (χ2v) is 12.2. The molecule has 1 aliphatic heterocycles. The second-order valence-electron chi connectivity index (χ2n) is 10.8. The number of benzene rings is 2. The molecule has 2 aromatic rings. The summed E-state index contributed by atoms with van der Waals surface area (Å²) in [7, 11) is 3.89. The molecule has 1 heterocycles. The number of hydrogen-bond donors (Lipinski definition) is 1. The molecule has 0 unspecified atom stereocenters. The first-order chi connectivity index (χ1) is 15.9. The van der Waals surface area contributed by atoms with Crippen LogP contribution >= 0.6 is 11.8 Å². The Morgan fingerprint density at radius 2 is 1.82 bits per heavy atom. The molecule has 0 bridgehead atoms. The number of thioether (sulfide) groups is 1. The minimum atomic E-state index is -0.699. The van der Waals surface area contributed by atoms with Gasteiger partial charge in [0, 0.05) is 4.75 Å². The van der Waals surface area contributed by atoms with E-state index >= 15 is 0 Å². The molecule has 2 saturated carbocycles. The third-order valence-electron chi connectivity index (χ3n) is 8.51. The van der Waals surface area contributed by atoms with Gasteiger partial charge in [-0.2, -0.15) is 11.8 Å². The van der Waals surface area contributed by atoms with Gasteiger partial charge in [0.25, 0.3) is 0 Å². The third kappa shape index (κ3) is 5.05. The van der Waals surface area contributed by atoms with Crippen molar-refractivity contribution in [1.29, 1.82) is 0 Å². The molecular formula is C28H37NO3S. The van der Waals surface area contributed by atoms with Crippen LogP contribution in [0.4, 0.5) is 0 Å². The van der Waals surface area contributed by atoms with Gasteiger partial charge in [-0.25, -0.2) is 0 Å². The van der Waals surface area contributed by atoms with Gasteiger partial charge >= 0.3 is 5.97 Å². The van der Waals surface area contributed by atoms with Gasteiger partial charge in [-0.1, -0.05) is 24.3 Å². The number of nitrogens with zero attached hydrogens (tertiary/aromatic N) is 1. The molecule has 178 valence electrons. The highest BCUT2D eigenvalue weighted by molar-refractivity contribution is 8.01. The molecule has 1 N–H and O–H groups in total. The predicted molar refractivity (Wildman–Crippen MR) is 136 cm³/mol. The Kier molecular flexibility index (Phi) is 6.39. The number of likely N-dealkylation sites (tertiary alicyclic amines) is 1. The summed E-state index contributed by atoms with van der Waals surface area (Å²) in [6, 6.07) is 12.1. The minimum Gasteiger partial charge on any atom is -0.497 e. The number of hydrogen-bond acceptors (Lipinski definition) is 4. The fourth-order valence-corrected chi connectivity index (χ4v) is 7.62. The van der Waals surface area contributed by atoms with E-state index in [-0.39, 0.29) is 5.41 Å². The number of carboxylic acid groups (broad SMARTS) is 1. The molecule has 2 aromatic carbocycles. The number of aliphatic carboxylic acids is 1. The maximum atomic E-state index is 12.4. The molecule has 3 aliphatic rings. The van der Waals surface area contributed by atoms with Crippen LogP contribution in [0.3, 0.4) is 0 Å². The minimum absolute atomic E-state index is 0.277. The van der Waals surface area contributed by atoms with Crippen LogP contribution in [-0.2, 0) is 4.79 Å². The first-order valence-corrected chi connectivity index (χ1v) is 13.5. The van der Waals surface area contributed by atoms with E-state index < -0.39 is 11.9 Å². The number of carbonyl (C=O) groups is 1. The van der Waals surface area contributed by atoms with Crippen LogP contribution in [0.2, 0.25) is 0 Å². The van der Waals surface area contributed by atoms with Gasteiger partial charge in [0.05, 0.1) is 13.0 Å². The van der Waals surface area contributed by atoms with E-state index in [1.54, 1.807) is 7.11 Å². The molecule has 2 aliphatic carbocycles. The highest BCUT2D eigenvalue weighted by Crippen LogP contribution is 2.63. The Hall–Kier alpha value is -1.72. The molecule has 5 heteroatoms. The van der Waals surface area contributed by atoms with E-state index in [9.17, 15) is 9.90 Å². The van der Waals surface area contributed by atoms with Gasteiger partial charge in [0.1, 0.15) is 5.75 Å². The van der Waals surface area contributed by atoms with Crippen molar-refractivity contribution in [3.05, 3.63) is 42.0 Å². The van der Waals surface area contributed by atoms with Crippen LogP contribution in [0.1, 0.15) is 62.8 Å². The second kappa shape index (κ2) is 9.14. The van der Waals surface area contributed by atoms with E-state index in [0.29, 0.717) is 4.75 Å². The average Bonchev–Trinajstić information content (AvgIpc) is 3.73. The van der Waals surface area contributed by atoms with Crippen LogP contribution in [0.25, 0.3) is 10.8 Å². The molecular weight excluding hydrogens is 430 g/mol. The normalized spacial score (nSPS) is 22.7. The summed E-state index contributed by atoms with van der Waals surface area (Å²) in [6.45, 7) is 2.26. The van der Waals surface area contributed by atoms with Crippen molar-refractivity contribution >= 4 is 28.5 Å². The van der Waals surface area contributed by atoms with Crippen molar-refractivity contribution < 1.29 is 14.6 Å². The zero-order valence-corrected chi connectivity index (χ0v) is 20.8. The first-order valence-electron chi connectivity index (χ1n) is 12.6. The van der Waals surface area contributed by atoms with Crippen LogP contribution in [0.5, 0.6) is 5.75 Å². The number of ether oxygens (including phenoxy) is 1. The lowest BCUT2D eigenvalue weighted by Crippen LogP contribution is -2.40. The quantitative estimate of drug-likeness (QED) is 0.452. The topological polar surface area (TPSA) is 49.8 Å². The van der Waals surface area contributed by atoms with E-state index in [1.807, 2.05) is 30.3 Å². The predicted octanol–water partition coefficient (Wildman–Crippen LogP) is 6.18. The summed E-state index contributed by atoms with van der Waals surface area (Å²) in [6.07, 6.45) is 9.78. The van der Waals surface area contributed by atoms with Gasteiger partial charge in [-0.05, 0) is 117 Å². The lowest BCUT2D eigenvalue weighted by atomic mass is 9.74. The smallest absolute Gasteiger partial charge is 0.310 e. The SMILES string of the molecule is COc1ccc2cc([C@H](CCC3(CSC4(C5CC5)CC4)CCN(C)CC3)C(=O)O)ccc2c1. The number of rotatable bonds is 10. The highest BCUT2D eigenvalue weighted by Gasteiger charge is 2.55. The fraction of sp³-hybridized carbons (Fsp3) is 0.607. The Balaban J connectivity index is 1.31. The largest absolute Gasteiger partial charge is 0.497 e. The van der Waals surface area contributed by atoms with E-state index in [2.05, 4.69) is 29.8 Å². The van der Waals surface area contributed by atoms with E-state index in [1.165, 1.54) is 44.3 Å². The van der Waals surface area contributed by atoms with Gasteiger partial charge in [0.2, 0.25) is 0 Å². The van der Waals surface area contributed by atoms with Crippen LogP contribution in [-0.4, -0.2) is 53.7 Å². The highest BCUT2D eigenvalue weighted by atomic mass is 32.2. The Bertz CT molecular complexity index is 1010. The summed E-state index contributed by atoms with van der Waals surface area (Å²) < 4.78 is 5.92. The van der Waals surface area contributed by atoms with Crippen molar-refractivity contribution in [1.82, 2.24) is 4.90 Å². The summed E-state index contributed by atoms with van der Waals surface area (Å²) >= 11 is 2.25. The Morgan fingerprint density at radius 3 is 2.45 bits per heavy atom. The number of fused-ring (bicyclic) bond motifs is 1. The van der Waals surface area contributed by atoms with Crippen molar-refractivity contribution in [3.63, 3.8) is 0 Å². The first kappa shape index (κ1) is 23.0. The number of methoxy groups -OCH3 is 1. The maximum Gasteiger partial charge on any atom is 0.310 e. The summed E-state index contributed by atoms with van der Waals surface area (Å²) in [5.41, 5.74) is 1.20. The van der Waals surface area contributed by atoms with Crippen molar-refractivity contribution in [2.75, 3.05) is 33.0 Å². The van der Waals surface area contributed by atoms with Gasteiger partial charge < -0.3 is 14.7 Å². The maximum absolute atomic E-state index is 12.4. The number of carboxylic acids is 1. The van der Waals surface area contributed by atoms with Crippen LogP contribution in [0.15, 0.2) is 36.4 Å². The summed E-state index contributed by atoms with van der Waals surface area (Å²) in [5, 5.41) is 12.3. The van der Waals surface area contributed by atoms with Gasteiger partial charge in [-0.3, -0.25) is 4.79 Å². The van der Waals surface area contributed by atoms with Crippen molar-refractivity contribution in [2.24, 2.45) is 11.3 Å². The molecule has 1 atom stereocenters. The zero-order chi connectivity index (χ0) is 23.1. The zero-order valence-electron chi connectivity index (χ0n) is 20.0. The summed E-state index contributed by atoms with van der Waals surface area (Å²) in [4.78, 5) is 14.8. The van der Waals surface area contributed by atoms with Crippen molar-refractivity contribution in [3.8, 4) is 5.75 Å².